The van der Waals surface area contributed by atoms with Gasteiger partial charge in [-0.25, -0.2) is 13.6 Å². The number of carbonyl (C=O) groups excluding carboxylic acids is 1. The maximum Gasteiger partial charge on any atom is 0.408 e. The summed E-state index contributed by atoms with van der Waals surface area (Å²) in [6.07, 6.45) is -0.999. The molecule has 1 aliphatic heterocycles. The molecule has 2 rings (SSSR count). The summed E-state index contributed by atoms with van der Waals surface area (Å²) in [7, 11) is 0. The monoisotopic (exact) mass is 297 g/mol. The molecule has 18 heavy (non-hydrogen) atoms. The summed E-state index contributed by atoms with van der Waals surface area (Å²) in [6.45, 7) is -1.08. The van der Waals surface area contributed by atoms with Gasteiger partial charge in [-0.15, -0.1) is 0 Å². The molecule has 1 fully saturated rings. The lowest BCUT2D eigenvalue weighted by Crippen LogP contribution is -2.49. The van der Waals surface area contributed by atoms with E-state index in [-0.39, 0.29) is 15.6 Å². The smallest absolute Gasteiger partial charge is 0.408 e. The van der Waals surface area contributed by atoms with E-state index in [0.717, 1.165) is 6.07 Å². The fourth-order valence-corrected chi connectivity index (χ4v) is 2.13. The number of amides is 1. The number of phenolic OH excluding ortho intramolecular Hbond substituents is 1. The Balaban J connectivity index is 2.49. The van der Waals surface area contributed by atoms with Gasteiger partial charge in [-0.1, -0.05) is 23.2 Å². The van der Waals surface area contributed by atoms with E-state index in [0.29, 0.717) is 0 Å². The van der Waals surface area contributed by atoms with Crippen molar-refractivity contribution in [3.63, 3.8) is 0 Å². The first-order chi connectivity index (χ1) is 8.31. The lowest BCUT2D eigenvalue weighted by molar-refractivity contribution is -0.104. The van der Waals surface area contributed by atoms with Crippen LogP contribution in [0.4, 0.5) is 13.6 Å². The van der Waals surface area contributed by atoms with Gasteiger partial charge in [0.2, 0.25) is 0 Å². The van der Waals surface area contributed by atoms with E-state index < -0.39 is 30.4 Å². The lowest BCUT2D eigenvalue weighted by atomic mass is 9.99. The first-order valence-electron chi connectivity index (χ1n) is 4.80. The average molecular weight is 298 g/mol. The van der Waals surface area contributed by atoms with Crippen LogP contribution in [0.5, 0.6) is 5.75 Å². The molecule has 1 aromatic rings. The molecule has 1 atom stereocenters. The van der Waals surface area contributed by atoms with E-state index in [9.17, 15) is 18.7 Å². The maximum atomic E-state index is 13.6. The van der Waals surface area contributed by atoms with Crippen molar-refractivity contribution < 1.29 is 23.4 Å². The molecule has 0 spiro atoms. The SMILES string of the molecule is O=C1N[C@H](c2cc(Cl)cc(Cl)c2O)C(F)(F)CO1. The van der Waals surface area contributed by atoms with Crippen molar-refractivity contribution in [1.82, 2.24) is 5.32 Å². The first kappa shape index (κ1) is 13.2. The quantitative estimate of drug-likeness (QED) is 0.837. The van der Waals surface area contributed by atoms with Crippen LogP contribution in [-0.2, 0) is 4.74 Å². The Hall–Kier alpha value is -1.27. The Morgan fingerprint density at radius 2 is 2.11 bits per heavy atom. The number of benzene rings is 1. The van der Waals surface area contributed by atoms with Gasteiger partial charge in [-0.2, -0.15) is 0 Å². The zero-order valence-electron chi connectivity index (χ0n) is 8.71. The fourth-order valence-electron chi connectivity index (χ4n) is 1.62. The van der Waals surface area contributed by atoms with E-state index >= 15 is 0 Å². The van der Waals surface area contributed by atoms with E-state index in [1.807, 2.05) is 5.32 Å². The van der Waals surface area contributed by atoms with Crippen molar-refractivity contribution in [2.24, 2.45) is 0 Å². The van der Waals surface area contributed by atoms with Gasteiger partial charge in [-0.3, -0.25) is 0 Å². The maximum absolute atomic E-state index is 13.6. The molecular formula is C10H7Cl2F2NO3. The van der Waals surface area contributed by atoms with Crippen molar-refractivity contribution in [2.75, 3.05) is 6.61 Å². The van der Waals surface area contributed by atoms with Gasteiger partial charge in [-0.05, 0) is 12.1 Å². The van der Waals surface area contributed by atoms with Crippen LogP contribution in [0.3, 0.4) is 0 Å². The number of rotatable bonds is 1. The fraction of sp³-hybridized carbons (Fsp3) is 0.300. The number of carbonyl (C=O) groups is 1. The van der Waals surface area contributed by atoms with E-state index in [1.165, 1.54) is 6.07 Å². The molecule has 0 unspecified atom stereocenters. The molecule has 0 aliphatic carbocycles. The number of alkyl halides is 2. The standard InChI is InChI=1S/C10H7Cl2F2NO3/c11-4-1-5(7(16)6(12)2-4)8-10(13,14)3-18-9(17)15-8/h1-2,8,16H,3H2,(H,15,17)/t8-/m1/s1. The Labute approximate surface area is 110 Å². The van der Waals surface area contributed by atoms with Crippen molar-refractivity contribution in [1.29, 1.82) is 0 Å². The second-order valence-corrected chi connectivity index (χ2v) is 4.58. The van der Waals surface area contributed by atoms with Gasteiger partial charge in [0, 0.05) is 10.6 Å². The average Bonchev–Trinajstić information content (AvgIpc) is 2.27. The highest BCUT2D eigenvalue weighted by Gasteiger charge is 2.48. The van der Waals surface area contributed by atoms with Crippen LogP contribution in [0.1, 0.15) is 11.6 Å². The predicted octanol–water partition coefficient (Wildman–Crippen LogP) is 3.12. The summed E-state index contributed by atoms with van der Waals surface area (Å²) < 4.78 is 31.5. The third-order valence-corrected chi connectivity index (χ3v) is 2.96. The van der Waals surface area contributed by atoms with Gasteiger partial charge in [0.1, 0.15) is 11.8 Å². The normalized spacial score (nSPS) is 22.2. The van der Waals surface area contributed by atoms with Crippen molar-refractivity contribution >= 4 is 29.3 Å². The molecular weight excluding hydrogens is 291 g/mol. The highest BCUT2D eigenvalue weighted by molar-refractivity contribution is 6.35. The minimum Gasteiger partial charge on any atom is -0.506 e. The number of cyclic esters (lactones) is 1. The highest BCUT2D eigenvalue weighted by Crippen LogP contribution is 2.42. The summed E-state index contributed by atoms with van der Waals surface area (Å²) >= 11 is 11.3. The van der Waals surface area contributed by atoms with E-state index in [1.54, 1.807) is 0 Å². The van der Waals surface area contributed by atoms with Gasteiger partial charge < -0.3 is 15.2 Å². The summed E-state index contributed by atoms with van der Waals surface area (Å²) in [5.41, 5.74) is -0.255. The molecule has 0 aromatic heterocycles. The number of halogens is 4. The molecule has 0 saturated carbocycles. The molecule has 98 valence electrons. The second kappa shape index (κ2) is 4.44. The van der Waals surface area contributed by atoms with Crippen LogP contribution < -0.4 is 5.32 Å². The molecule has 0 bridgehead atoms. The number of nitrogens with one attached hydrogen (secondary N) is 1. The number of ether oxygens (including phenoxy) is 1. The van der Waals surface area contributed by atoms with Crippen molar-refractivity contribution in [3.8, 4) is 5.75 Å². The predicted molar refractivity (Wildman–Crippen MR) is 60.3 cm³/mol. The largest absolute Gasteiger partial charge is 0.506 e. The minimum absolute atomic E-state index is 0.0735. The highest BCUT2D eigenvalue weighted by atomic mass is 35.5. The van der Waals surface area contributed by atoms with Gasteiger partial charge in [0.15, 0.2) is 6.61 Å². The Morgan fingerprint density at radius 1 is 1.44 bits per heavy atom. The number of phenols is 1. The molecule has 4 nitrogen and oxygen atoms in total. The third-order valence-electron chi connectivity index (χ3n) is 2.45. The van der Waals surface area contributed by atoms with Gasteiger partial charge in [0.05, 0.1) is 5.02 Å². The molecule has 1 aliphatic rings. The topological polar surface area (TPSA) is 58.6 Å². The first-order valence-corrected chi connectivity index (χ1v) is 5.56. The van der Waals surface area contributed by atoms with Gasteiger partial charge in [0.25, 0.3) is 0 Å². The number of hydrogen-bond acceptors (Lipinski definition) is 3. The molecule has 1 saturated heterocycles. The molecule has 1 amide bonds. The van der Waals surface area contributed by atoms with Crippen LogP contribution in [0.15, 0.2) is 12.1 Å². The van der Waals surface area contributed by atoms with Crippen molar-refractivity contribution in [3.05, 3.63) is 27.7 Å². The number of hydrogen-bond donors (Lipinski definition) is 2. The molecule has 8 heteroatoms. The third kappa shape index (κ3) is 2.30. The molecule has 2 N–H and O–H groups in total. The van der Waals surface area contributed by atoms with E-state index in [2.05, 4.69) is 4.74 Å². The molecule has 0 radical (unpaired) electrons. The molecule has 1 aromatic carbocycles. The number of aromatic hydroxyl groups is 1. The zero-order chi connectivity index (χ0) is 13.5. The van der Waals surface area contributed by atoms with Crippen molar-refractivity contribution in [2.45, 2.75) is 12.0 Å². The Bertz CT molecular complexity index is 510. The summed E-state index contributed by atoms with van der Waals surface area (Å²) in [5, 5.41) is 11.5. The van der Waals surface area contributed by atoms with Crippen LogP contribution in [0, 0.1) is 0 Å². The number of alkyl carbamates (subject to hydrolysis) is 1. The second-order valence-electron chi connectivity index (χ2n) is 3.74. The minimum atomic E-state index is -3.38. The lowest BCUT2D eigenvalue weighted by Gasteiger charge is -2.32. The van der Waals surface area contributed by atoms with Crippen LogP contribution >= 0.6 is 23.2 Å². The van der Waals surface area contributed by atoms with Crippen LogP contribution in [0.25, 0.3) is 0 Å². The Kier molecular flexibility index (Phi) is 3.25. The molecule has 1 heterocycles. The summed E-state index contributed by atoms with van der Waals surface area (Å²) in [4.78, 5) is 11.0. The summed E-state index contributed by atoms with van der Waals surface area (Å²) in [6, 6.07) is 0.587. The summed E-state index contributed by atoms with van der Waals surface area (Å²) in [5.74, 6) is -3.92. The Morgan fingerprint density at radius 3 is 2.78 bits per heavy atom. The van der Waals surface area contributed by atoms with Crippen LogP contribution in [0.2, 0.25) is 10.0 Å². The van der Waals surface area contributed by atoms with Crippen LogP contribution in [-0.4, -0.2) is 23.7 Å². The zero-order valence-corrected chi connectivity index (χ0v) is 10.2. The van der Waals surface area contributed by atoms with Gasteiger partial charge >= 0.3 is 12.0 Å². The van der Waals surface area contributed by atoms with E-state index in [4.69, 9.17) is 23.2 Å².